The van der Waals surface area contributed by atoms with E-state index in [9.17, 15) is 14.3 Å². The predicted molar refractivity (Wildman–Crippen MR) is 154 cm³/mol. The lowest BCUT2D eigenvalue weighted by Crippen LogP contribution is -2.22. The quantitative estimate of drug-likeness (QED) is 0.306. The molecule has 0 spiro atoms. The van der Waals surface area contributed by atoms with Gasteiger partial charge in [-0.1, -0.05) is 59.6 Å². The topological polar surface area (TPSA) is 40.5 Å². The van der Waals surface area contributed by atoms with Crippen molar-refractivity contribution in [2.45, 2.75) is 38.5 Å². The summed E-state index contributed by atoms with van der Waals surface area (Å²) in [5.41, 5.74) is 8.02. The second-order valence-corrected chi connectivity index (χ2v) is 11.3. The molecule has 0 amide bonds. The summed E-state index contributed by atoms with van der Waals surface area (Å²) in [7, 11) is 0. The highest BCUT2D eigenvalue weighted by Crippen LogP contribution is 2.42. The molecule has 1 N–H and O–H groups in total. The van der Waals surface area contributed by atoms with E-state index < -0.39 is 5.97 Å². The van der Waals surface area contributed by atoms with E-state index in [1.165, 1.54) is 5.56 Å². The van der Waals surface area contributed by atoms with Crippen LogP contribution in [0, 0.1) is 5.92 Å². The fraction of sp³-hybridized carbons (Fsp3) is 0.344. The van der Waals surface area contributed by atoms with Crippen molar-refractivity contribution in [1.29, 1.82) is 0 Å². The molecule has 0 unspecified atom stereocenters. The van der Waals surface area contributed by atoms with E-state index in [4.69, 9.17) is 23.2 Å². The van der Waals surface area contributed by atoms with Crippen LogP contribution in [0.25, 0.3) is 11.1 Å². The number of allylic oxidation sites excluding steroid dienone is 1. The Morgan fingerprint density at radius 1 is 1.00 bits per heavy atom. The van der Waals surface area contributed by atoms with E-state index >= 15 is 0 Å². The lowest BCUT2D eigenvalue weighted by molar-refractivity contribution is 0.0696. The number of rotatable bonds is 8. The van der Waals surface area contributed by atoms with Gasteiger partial charge in [0.2, 0.25) is 0 Å². The van der Waals surface area contributed by atoms with Crippen LogP contribution in [0.1, 0.15) is 63.9 Å². The Morgan fingerprint density at radius 3 is 2.53 bits per heavy atom. The second kappa shape index (κ2) is 12.0. The van der Waals surface area contributed by atoms with Crippen LogP contribution >= 0.6 is 23.2 Å². The molecule has 38 heavy (non-hydrogen) atoms. The SMILES string of the molecule is O=C(O)c1ccc2c(c1)CCCC(c1ccc(Cl)cc1Cl)=C2c1ccc(C[C@H]2CCN(CCCF)C2)cc1. The maximum atomic E-state index is 12.6. The van der Waals surface area contributed by atoms with Crippen molar-refractivity contribution in [3.05, 3.63) is 104 Å². The number of aryl methyl sites for hydroxylation is 1. The largest absolute Gasteiger partial charge is 0.478 e. The van der Waals surface area contributed by atoms with Crippen molar-refractivity contribution in [2.75, 3.05) is 26.3 Å². The van der Waals surface area contributed by atoms with E-state index in [0.717, 1.165) is 85.1 Å². The molecule has 3 aromatic rings. The monoisotopic (exact) mass is 551 g/mol. The molecule has 1 atom stereocenters. The minimum Gasteiger partial charge on any atom is -0.478 e. The Hall–Kier alpha value is -2.66. The van der Waals surface area contributed by atoms with Crippen molar-refractivity contribution in [1.82, 2.24) is 4.90 Å². The lowest BCUT2D eigenvalue weighted by atomic mass is 9.86. The predicted octanol–water partition coefficient (Wildman–Crippen LogP) is 8.21. The van der Waals surface area contributed by atoms with Gasteiger partial charge in [0.1, 0.15) is 0 Å². The Balaban J connectivity index is 1.51. The van der Waals surface area contributed by atoms with Gasteiger partial charge >= 0.3 is 5.97 Å². The molecule has 1 fully saturated rings. The van der Waals surface area contributed by atoms with E-state index in [-0.39, 0.29) is 6.67 Å². The Morgan fingerprint density at radius 2 is 1.79 bits per heavy atom. The zero-order valence-corrected chi connectivity index (χ0v) is 22.9. The first-order chi connectivity index (χ1) is 18.4. The van der Waals surface area contributed by atoms with Crippen LogP contribution in [0.3, 0.4) is 0 Å². The van der Waals surface area contributed by atoms with E-state index in [1.54, 1.807) is 12.1 Å². The molecule has 198 valence electrons. The van der Waals surface area contributed by atoms with Gasteiger partial charge < -0.3 is 10.0 Å². The molecule has 1 aliphatic heterocycles. The fourth-order valence-electron chi connectivity index (χ4n) is 5.96. The van der Waals surface area contributed by atoms with Crippen molar-refractivity contribution in [3.63, 3.8) is 0 Å². The fourth-order valence-corrected chi connectivity index (χ4v) is 6.48. The number of carboxylic acid groups (broad SMARTS) is 1. The summed E-state index contributed by atoms with van der Waals surface area (Å²) in [5, 5.41) is 10.8. The van der Waals surface area contributed by atoms with Crippen molar-refractivity contribution in [2.24, 2.45) is 5.92 Å². The van der Waals surface area contributed by atoms with Crippen molar-refractivity contribution in [3.8, 4) is 0 Å². The highest BCUT2D eigenvalue weighted by atomic mass is 35.5. The number of carboxylic acids is 1. The molecule has 3 nitrogen and oxygen atoms in total. The number of hydrogen-bond donors (Lipinski definition) is 1. The van der Waals surface area contributed by atoms with Gasteiger partial charge in [-0.2, -0.15) is 0 Å². The molecule has 0 aromatic heterocycles. The lowest BCUT2D eigenvalue weighted by Gasteiger charge is -2.19. The summed E-state index contributed by atoms with van der Waals surface area (Å²) < 4.78 is 12.6. The van der Waals surface area contributed by atoms with Crippen LogP contribution in [0.5, 0.6) is 0 Å². The van der Waals surface area contributed by atoms with Gasteiger partial charge in [0, 0.05) is 23.1 Å². The summed E-state index contributed by atoms with van der Waals surface area (Å²) in [4.78, 5) is 14.1. The maximum Gasteiger partial charge on any atom is 0.335 e. The zero-order valence-electron chi connectivity index (χ0n) is 21.4. The number of likely N-dealkylation sites (tertiary alicyclic amines) is 1. The highest BCUT2D eigenvalue weighted by Gasteiger charge is 2.24. The highest BCUT2D eigenvalue weighted by molar-refractivity contribution is 6.36. The number of nitrogens with zero attached hydrogens (tertiary/aromatic N) is 1. The first-order valence-electron chi connectivity index (χ1n) is 13.4. The van der Waals surface area contributed by atoms with Crippen LogP contribution in [-0.4, -0.2) is 42.3 Å². The first-order valence-corrected chi connectivity index (χ1v) is 14.1. The second-order valence-electron chi connectivity index (χ2n) is 10.4. The summed E-state index contributed by atoms with van der Waals surface area (Å²) in [6.07, 6.45) is 5.30. The van der Waals surface area contributed by atoms with Crippen molar-refractivity contribution >= 4 is 40.3 Å². The van der Waals surface area contributed by atoms with Gasteiger partial charge in [-0.3, -0.25) is 4.39 Å². The van der Waals surface area contributed by atoms with E-state index in [1.807, 2.05) is 24.3 Å². The third-order valence-corrected chi connectivity index (χ3v) is 8.35. The molecule has 1 saturated heterocycles. The molecule has 0 saturated carbocycles. The van der Waals surface area contributed by atoms with Crippen LogP contribution in [0.2, 0.25) is 10.0 Å². The molecule has 3 aromatic carbocycles. The molecule has 0 bridgehead atoms. The van der Waals surface area contributed by atoms with Gasteiger partial charge in [-0.25, -0.2) is 4.79 Å². The first kappa shape index (κ1) is 26.9. The normalized spacial score (nSPS) is 17.9. The maximum absolute atomic E-state index is 12.6. The zero-order chi connectivity index (χ0) is 26.6. The third kappa shape index (κ3) is 5.98. The van der Waals surface area contributed by atoms with Crippen LogP contribution < -0.4 is 0 Å². The van der Waals surface area contributed by atoms with Gasteiger partial charge in [0.05, 0.1) is 12.2 Å². The minimum absolute atomic E-state index is 0.248. The van der Waals surface area contributed by atoms with Crippen molar-refractivity contribution < 1.29 is 14.3 Å². The molecule has 1 heterocycles. The van der Waals surface area contributed by atoms with Gasteiger partial charge in [0.15, 0.2) is 0 Å². The van der Waals surface area contributed by atoms with Gasteiger partial charge in [-0.05, 0) is 114 Å². The number of carbonyl (C=O) groups is 1. The Bertz CT molecular complexity index is 1350. The summed E-state index contributed by atoms with van der Waals surface area (Å²) in [6.45, 7) is 2.68. The third-order valence-electron chi connectivity index (χ3n) is 7.80. The number of aromatic carboxylic acids is 1. The molecule has 1 aliphatic carbocycles. The van der Waals surface area contributed by atoms with Crippen LogP contribution in [0.4, 0.5) is 4.39 Å². The summed E-state index contributed by atoms with van der Waals surface area (Å²) >= 11 is 12.9. The summed E-state index contributed by atoms with van der Waals surface area (Å²) in [5.74, 6) is -0.320. The number of fused-ring (bicyclic) bond motifs is 1. The summed E-state index contributed by atoms with van der Waals surface area (Å²) in [6, 6.07) is 19.9. The number of hydrogen-bond acceptors (Lipinski definition) is 2. The molecule has 0 radical (unpaired) electrons. The standard InChI is InChI=1S/C32H32Cl2FNO2/c33-26-10-12-28(30(34)19-26)29-4-1-3-24-18-25(32(37)38)9-11-27(24)31(29)23-7-5-21(6-8-23)17-22-13-16-36(20-22)15-2-14-35/h5-12,18-19,22H,1-4,13-17,20H2,(H,37,38)/t22-/m1/s1. The Kier molecular flexibility index (Phi) is 8.52. The molecular weight excluding hydrogens is 520 g/mol. The van der Waals surface area contributed by atoms with Crippen LogP contribution in [-0.2, 0) is 12.8 Å². The van der Waals surface area contributed by atoms with Gasteiger partial charge in [0.25, 0.3) is 0 Å². The average Bonchev–Trinajstić information content (AvgIpc) is 3.26. The average molecular weight is 553 g/mol. The molecule has 5 rings (SSSR count). The smallest absolute Gasteiger partial charge is 0.335 e. The van der Waals surface area contributed by atoms with E-state index in [0.29, 0.717) is 27.9 Å². The number of halogens is 3. The Labute approximate surface area is 233 Å². The minimum atomic E-state index is -0.914. The van der Waals surface area contributed by atoms with Crippen LogP contribution in [0.15, 0.2) is 60.7 Å². The number of benzene rings is 3. The molecule has 6 heteroatoms. The van der Waals surface area contributed by atoms with E-state index in [2.05, 4.69) is 29.2 Å². The molecule has 2 aliphatic rings. The number of alkyl halides is 1. The molecular formula is C32H32Cl2FNO2. The van der Waals surface area contributed by atoms with Gasteiger partial charge in [-0.15, -0.1) is 0 Å².